The second-order valence-electron chi connectivity index (χ2n) is 8.18. The highest BCUT2D eigenvalue weighted by Crippen LogP contribution is 2.33. The topological polar surface area (TPSA) is 54.3 Å². The molecular weight excluding hydrogens is 431 g/mol. The van der Waals surface area contributed by atoms with Crippen LogP contribution in [0.1, 0.15) is 40.4 Å². The van der Waals surface area contributed by atoms with Gasteiger partial charge < -0.3 is 14.8 Å². The Kier molecular flexibility index (Phi) is 6.26. The van der Waals surface area contributed by atoms with E-state index >= 15 is 0 Å². The fourth-order valence-corrected chi connectivity index (χ4v) is 4.20. The molecule has 1 aliphatic heterocycles. The molecule has 0 unspecified atom stereocenters. The van der Waals surface area contributed by atoms with Gasteiger partial charge in [-0.2, -0.15) is 13.2 Å². The van der Waals surface area contributed by atoms with Crippen LogP contribution in [-0.4, -0.2) is 27.8 Å². The Morgan fingerprint density at radius 1 is 1.03 bits per heavy atom. The van der Waals surface area contributed by atoms with E-state index in [0.29, 0.717) is 18.7 Å². The number of hydrogen-bond acceptors (Lipinski definition) is 2. The molecule has 0 saturated heterocycles. The number of halogens is 3. The lowest BCUT2D eigenvalue weighted by Crippen LogP contribution is -2.44. The van der Waals surface area contributed by atoms with Crippen LogP contribution in [0, 0.1) is 6.92 Å². The van der Waals surface area contributed by atoms with Crippen molar-refractivity contribution in [3.63, 3.8) is 0 Å². The Bertz CT molecular complexity index is 1170. The third-order valence-electron chi connectivity index (χ3n) is 5.77. The maximum absolute atomic E-state index is 13.1. The first-order valence-electron chi connectivity index (χ1n) is 10.7. The number of alkyl halides is 3. The number of nitrogens with one attached hydrogen (secondary N) is 1. The van der Waals surface area contributed by atoms with E-state index in [1.165, 1.54) is 12.1 Å². The highest BCUT2D eigenvalue weighted by atomic mass is 19.4. The van der Waals surface area contributed by atoms with E-state index in [1.807, 2.05) is 49.5 Å². The predicted molar refractivity (Wildman–Crippen MR) is 117 cm³/mol. The highest BCUT2D eigenvalue weighted by Gasteiger charge is 2.33. The molecule has 8 heteroatoms. The van der Waals surface area contributed by atoms with Gasteiger partial charge in [0.05, 0.1) is 11.6 Å². The summed E-state index contributed by atoms with van der Waals surface area (Å²) in [6, 6.07) is 16.3. The molecule has 2 amide bonds. The fraction of sp³-hybridized carbons (Fsp3) is 0.280. The van der Waals surface area contributed by atoms with E-state index < -0.39 is 17.6 Å². The van der Waals surface area contributed by atoms with Gasteiger partial charge in [0.2, 0.25) is 11.8 Å². The zero-order valence-electron chi connectivity index (χ0n) is 18.1. The van der Waals surface area contributed by atoms with Crippen LogP contribution in [0.25, 0.3) is 0 Å². The molecule has 3 aromatic rings. The Morgan fingerprint density at radius 3 is 2.58 bits per heavy atom. The van der Waals surface area contributed by atoms with Gasteiger partial charge in [-0.05, 0) is 42.3 Å². The molecule has 2 heterocycles. The number of carbonyl (C=O) groups is 2. The number of carbonyl (C=O) groups excluding carboxylic acids is 2. The van der Waals surface area contributed by atoms with Gasteiger partial charge in [0, 0.05) is 31.5 Å². The molecule has 0 radical (unpaired) electrons. The molecule has 1 aliphatic rings. The number of fused-ring (bicyclic) bond motifs is 1. The summed E-state index contributed by atoms with van der Waals surface area (Å²) in [5.74, 6) is -0.850. The molecule has 33 heavy (non-hydrogen) atoms. The number of rotatable bonds is 5. The molecule has 5 nitrogen and oxygen atoms in total. The summed E-state index contributed by atoms with van der Waals surface area (Å²) >= 11 is 0. The summed E-state index contributed by atoms with van der Waals surface area (Å²) < 4.78 is 40.8. The summed E-state index contributed by atoms with van der Waals surface area (Å²) in [6.07, 6.45) is -2.85. The van der Waals surface area contributed by atoms with Crippen LogP contribution in [0.4, 0.5) is 13.2 Å². The van der Waals surface area contributed by atoms with Crippen molar-refractivity contribution in [2.45, 2.75) is 38.7 Å². The summed E-state index contributed by atoms with van der Waals surface area (Å²) in [5, 5.41) is 2.57. The lowest BCUT2D eigenvalue weighted by atomic mass is 9.98. The average Bonchev–Trinajstić information content (AvgIpc) is 3.25. The van der Waals surface area contributed by atoms with E-state index in [-0.39, 0.29) is 24.9 Å². The molecule has 172 valence electrons. The SMILES string of the molecule is Cc1cccc([C@H]2c3cccn3CCN2C(=O)CC(=O)NCc2cccc(C(F)(F)F)c2)c1. The molecule has 0 aliphatic carbocycles. The molecule has 0 saturated carbocycles. The number of benzene rings is 2. The Balaban J connectivity index is 1.45. The summed E-state index contributed by atoms with van der Waals surface area (Å²) in [5.41, 5.74) is 2.56. The minimum absolute atomic E-state index is 0.0831. The largest absolute Gasteiger partial charge is 0.416 e. The van der Waals surface area contributed by atoms with Gasteiger partial charge in [-0.15, -0.1) is 0 Å². The van der Waals surface area contributed by atoms with Gasteiger partial charge >= 0.3 is 6.18 Å². The smallest absolute Gasteiger partial charge is 0.352 e. The second-order valence-corrected chi connectivity index (χ2v) is 8.18. The van der Waals surface area contributed by atoms with Gasteiger partial charge in [0.1, 0.15) is 6.42 Å². The van der Waals surface area contributed by atoms with Crippen molar-refractivity contribution >= 4 is 11.8 Å². The lowest BCUT2D eigenvalue weighted by molar-refractivity contribution is -0.138. The van der Waals surface area contributed by atoms with Gasteiger partial charge in [-0.1, -0.05) is 42.0 Å². The molecule has 0 spiro atoms. The van der Waals surface area contributed by atoms with Gasteiger partial charge in [-0.3, -0.25) is 9.59 Å². The summed E-state index contributed by atoms with van der Waals surface area (Å²) in [7, 11) is 0. The quantitative estimate of drug-likeness (QED) is 0.578. The molecular formula is C25H24F3N3O2. The third-order valence-corrected chi connectivity index (χ3v) is 5.77. The minimum Gasteiger partial charge on any atom is -0.352 e. The van der Waals surface area contributed by atoms with E-state index in [0.717, 1.165) is 29.0 Å². The van der Waals surface area contributed by atoms with E-state index in [1.54, 1.807) is 4.90 Å². The number of hydrogen-bond donors (Lipinski definition) is 1. The maximum Gasteiger partial charge on any atom is 0.416 e. The van der Waals surface area contributed by atoms with Crippen molar-refractivity contribution in [3.8, 4) is 0 Å². The minimum atomic E-state index is -4.45. The Hall–Kier alpha value is -3.55. The average molecular weight is 455 g/mol. The van der Waals surface area contributed by atoms with Crippen molar-refractivity contribution < 1.29 is 22.8 Å². The van der Waals surface area contributed by atoms with Crippen molar-refractivity contribution in [1.82, 2.24) is 14.8 Å². The van der Waals surface area contributed by atoms with E-state index in [2.05, 4.69) is 9.88 Å². The van der Waals surface area contributed by atoms with Crippen LogP contribution in [-0.2, 0) is 28.9 Å². The van der Waals surface area contributed by atoms with E-state index in [9.17, 15) is 22.8 Å². The molecule has 0 bridgehead atoms. The van der Waals surface area contributed by atoms with Crippen LogP contribution in [0.2, 0.25) is 0 Å². The van der Waals surface area contributed by atoms with Gasteiger partial charge in [-0.25, -0.2) is 0 Å². The third kappa shape index (κ3) is 5.10. The highest BCUT2D eigenvalue weighted by molar-refractivity contribution is 5.97. The molecule has 1 aromatic heterocycles. The van der Waals surface area contributed by atoms with Crippen LogP contribution >= 0.6 is 0 Å². The molecule has 0 fully saturated rings. The van der Waals surface area contributed by atoms with Crippen LogP contribution < -0.4 is 5.32 Å². The van der Waals surface area contributed by atoms with Crippen molar-refractivity contribution in [1.29, 1.82) is 0 Å². The van der Waals surface area contributed by atoms with Crippen LogP contribution in [0.5, 0.6) is 0 Å². The second kappa shape index (κ2) is 9.13. The first-order valence-corrected chi connectivity index (χ1v) is 10.7. The summed E-state index contributed by atoms with van der Waals surface area (Å²) in [6.45, 7) is 2.99. The van der Waals surface area contributed by atoms with Crippen LogP contribution in [0.3, 0.4) is 0 Å². The van der Waals surface area contributed by atoms with E-state index in [4.69, 9.17) is 0 Å². The molecule has 4 rings (SSSR count). The molecule has 2 aromatic carbocycles. The Morgan fingerprint density at radius 2 is 1.82 bits per heavy atom. The van der Waals surface area contributed by atoms with Crippen molar-refractivity contribution in [2.75, 3.05) is 6.54 Å². The monoisotopic (exact) mass is 455 g/mol. The lowest BCUT2D eigenvalue weighted by Gasteiger charge is -2.37. The number of nitrogens with zero attached hydrogens (tertiary/aromatic N) is 2. The normalized spacial score (nSPS) is 15.8. The number of aryl methyl sites for hydroxylation is 1. The zero-order valence-corrected chi connectivity index (χ0v) is 18.1. The predicted octanol–water partition coefficient (Wildman–Crippen LogP) is 4.45. The van der Waals surface area contributed by atoms with Crippen molar-refractivity contribution in [3.05, 3.63) is 94.8 Å². The van der Waals surface area contributed by atoms with Gasteiger partial charge in [0.25, 0.3) is 0 Å². The first kappa shape index (κ1) is 22.6. The molecule has 1 N–H and O–H groups in total. The fourth-order valence-electron chi connectivity index (χ4n) is 4.20. The van der Waals surface area contributed by atoms with Crippen LogP contribution in [0.15, 0.2) is 66.9 Å². The standard InChI is InChI=1S/C25H24F3N3O2/c1-17-5-2-7-19(13-17)24-21-9-4-10-30(21)11-12-31(24)23(33)15-22(32)29-16-18-6-3-8-20(14-18)25(26,27)28/h2-10,13-14,24H,11-12,15-16H2,1H3,(H,29,32)/t24-/m0/s1. The Labute approximate surface area is 189 Å². The first-order chi connectivity index (χ1) is 15.7. The zero-order chi connectivity index (χ0) is 23.6. The maximum atomic E-state index is 13.1. The number of amides is 2. The van der Waals surface area contributed by atoms with Crippen molar-refractivity contribution in [2.24, 2.45) is 0 Å². The number of aromatic nitrogens is 1. The summed E-state index contributed by atoms with van der Waals surface area (Å²) in [4.78, 5) is 27.3. The van der Waals surface area contributed by atoms with Gasteiger partial charge in [0.15, 0.2) is 0 Å². The molecule has 1 atom stereocenters.